The van der Waals surface area contributed by atoms with Gasteiger partial charge in [0.1, 0.15) is 6.10 Å². The van der Waals surface area contributed by atoms with Crippen LogP contribution >= 0.6 is 11.3 Å². The van der Waals surface area contributed by atoms with Crippen LogP contribution in [0.5, 0.6) is 0 Å². The quantitative estimate of drug-likeness (QED) is 0.891. The summed E-state index contributed by atoms with van der Waals surface area (Å²) in [5.74, 6) is 0.361. The van der Waals surface area contributed by atoms with Crippen molar-refractivity contribution in [3.05, 3.63) is 22.4 Å². The lowest BCUT2D eigenvalue weighted by Crippen LogP contribution is -2.33. The van der Waals surface area contributed by atoms with Crippen LogP contribution in [-0.2, 0) is 4.74 Å². The molecule has 0 bridgehead atoms. The fraction of sp³-hybridized carbons (Fsp3) is 0.643. The van der Waals surface area contributed by atoms with E-state index in [-0.39, 0.29) is 18.2 Å². The molecule has 1 aromatic heterocycles. The van der Waals surface area contributed by atoms with Gasteiger partial charge in [0, 0.05) is 4.88 Å². The summed E-state index contributed by atoms with van der Waals surface area (Å²) in [6, 6.07) is 4.13. The van der Waals surface area contributed by atoms with Gasteiger partial charge >= 0.3 is 6.09 Å². The number of rotatable bonds is 4. The smallest absolute Gasteiger partial charge is 0.407 e. The summed E-state index contributed by atoms with van der Waals surface area (Å²) in [6.07, 6.45) is 4.24. The molecule has 1 saturated carbocycles. The zero-order chi connectivity index (χ0) is 13.0. The van der Waals surface area contributed by atoms with Crippen molar-refractivity contribution in [3.8, 4) is 0 Å². The second-order valence-corrected chi connectivity index (χ2v) is 6.17. The second-order valence-electron chi connectivity index (χ2n) is 5.19. The minimum absolute atomic E-state index is 0.0545. The maximum atomic E-state index is 11.9. The second kappa shape index (κ2) is 6.23. The zero-order valence-electron chi connectivity index (χ0n) is 11.0. The lowest BCUT2D eigenvalue weighted by atomic mass is 10.0. The first-order chi connectivity index (χ1) is 8.66. The predicted molar refractivity (Wildman–Crippen MR) is 73.8 cm³/mol. The van der Waals surface area contributed by atoms with Crippen molar-refractivity contribution in [2.24, 2.45) is 5.92 Å². The van der Waals surface area contributed by atoms with Gasteiger partial charge in [-0.05, 0) is 43.0 Å². The molecule has 1 unspecified atom stereocenters. The lowest BCUT2D eigenvalue weighted by Gasteiger charge is -2.22. The summed E-state index contributed by atoms with van der Waals surface area (Å²) < 4.78 is 5.44. The van der Waals surface area contributed by atoms with Crippen molar-refractivity contribution in [2.75, 3.05) is 0 Å². The van der Waals surface area contributed by atoms with Crippen molar-refractivity contribution in [2.45, 2.75) is 51.7 Å². The van der Waals surface area contributed by atoms with Crippen molar-refractivity contribution < 1.29 is 9.53 Å². The Kier molecular flexibility index (Phi) is 4.64. The van der Waals surface area contributed by atoms with Gasteiger partial charge in [-0.1, -0.05) is 19.9 Å². The van der Waals surface area contributed by atoms with Gasteiger partial charge in [0.15, 0.2) is 0 Å². The molecule has 1 aliphatic carbocycles. The number of ether oxygens (including phenoxy) is 1. The van der Waals surface area contributed by atoms with Crippen LogP contribution in [0.3, 0.4) is 0 Å². The number of hydrogen-bond acceptors (Lipinski definition) is 3. The normalized spacial score (nSPS) is 17.9. The molecule has 18 heavy (non-hydrogen) atoms. The van der Waals surface area contributed by atoms with Crippen LogP contribution in [0.15, 0.2) is 17.5 Å². The number of carbonyl (C=O) groups excluding carboxylic acids is 1. The highest BCUT2D eigenvalue weighted by atomic mass is 32.1. The molecular weight excluding hydrogens is 246 g/mol. The topological polar surface area (TPSA) is 38.3 Å². The molecule has 3 nitrogen and oxygen atoms in total. The summed E-state index contributed by atoms with van der Waals surface area (Å²) in [4.78, 5) is 13.1. The Morgan fingerprint density at radius 2 is 2.17 bits per heavy atom. The first-order valence-electron chi connectivity index (χ1n) is 6.67. The Hall–Kier alpha value is -1.03. The third kappa shape index (κ3) is 3.48. The van der Waals surface area contributed by atoms with E-state index in [2.05, 4.69) is 25.2 Å². The fourth-order valence-corrected chi connectivity index (χ4v) is 3.30. The largest absolute Gasteiger partial charge is 0.446 e. The molecule has 0 radical (unpaired) electrons. The highest BCUT2D eigenvalue weighted by Gasteiger charge is 2.23. The Morgan fingerprint density at radius 1 is 1.44 bits per heavy atom. The van der Waals surface area contributed by atoms with Crippen LogP contribution in [0.1, 0.15) is 50.4 Å². The Labute approximate surface area is 113 Å². The van der Waals surface area contributed by atoms with E-state index in [4.69, 9.17) is 4.74 Å². The van der Waals surface area contributed by atoms with Crippen LogP contribution in [0.2, 0.25) is 0 Å². The lowest BCUT2D eigenvalue weighted by molar-refractivity contribution is 0.0958. The van der Waals surface area contributed by atoms with E-state index in [0.717, 1.165) is 12.8 Å². The van der Waals surface area contributed by atoms with Gasteiger partial charge in [0.25, 0.3) is 0 Å². The van der Waals surface area contributed by atoms with E-state index in [1.165, 1.54) is 17.7 Å². The fourth-order valence-electron chi connectivity index (χ4n) is 2.35. The van der Waals surface area contributed by atoms with Gasteiger partial charge in [-0.2, -0.15) is 0 Å². The first-order valence-corrected chi connectivity index (χ1v) is 7.55. The number of carbonyl (C=O) groups is 1. The first kappa shape index (κ1) is 13.4. The predicted octanol–water partition coefficient (Wildman–Crippen LogP) is 4.11. The maximum absolute atomic E-state index is 11.9. The van der Waals surface area contributed by atoms with Gasteiger partial charge in [0.05, 0.1) is 6.04 Å². The molecule has 1 aromatic rings. The highest BCUT2D eigenvalue weighted by Crippen LogP contribution is 2.26. The summed E-state index contributed by atoms with van der Waals surface area (Å²) in [6.45, 7) is 4.22. The number of amides is 1. The van der Waals surface area contributed by atoms with E-state index in [1.54, 1.807) is 11.3 Å². The SMILES string of the molecule is CC(C)C(NC(=O)OC1CCCC1)c1cccs1. The molecule has 4 heteroatoms. The highest BCUT2D eigenvalue weighted by molar-refractivity contribution is 7.10. The van der Waals surface area contributed by atoms with Crippen LogP contribution in [0, 0.1) is 5.92 Å². The van der Waals surface area contributed by atoms with Crippen molar-refractivity contribution in [1.29, 1.82) is 0 Å². The minimum Gasteiger partial charge on any atom is -0.446 e. The van der Waals surface area contributed by atoms with Crippen LogP contribution < -0.4 is 5.32 Å². The maximum Gasteiger partial charge on any atom is 0.407 e. The Balaban J connectivity index is 1.90. The average molecular weight is 267 g/mol. The number of alkyl carbamates (subject to hydrolysis) is 1. The Morgan fingerprint density at radius 3 is 2.72 bits per heavy atom. The standard InChI is InChI=1S/C14H21NO2S/c1-10(2)13(12-8-5-9-18-12)15-14(16)17-11-6-3-4-7-11/h5,8-11,13H,3-4,6-7H2,1-2H3,(H,15,16). The summed E-state index contributed by atoms with van der Waals surface area (Å²) in [7, 11) is 0. The van der Waals surface area contributed by atoms with E-state index >= 15 is 0 Å². The summed E-state index contributed by atoms with van der Waals surface area (Å²) >= 11 is 1.67. The van der Waals surface area contributed by atoms with E-state index in [1.807, 2.05) is 11.4 Å². The molecular formula is C14H21NO2S. The molecule has 2 rings (SSSR count). The molecule has 0 aromatic carbocycles. The molecule has 0 aliphatic heterocycles. The van der Waals surface area contributed by atoms with Crippen molar-refractivity contribution in [3.63, 3.8) is 0 Å². The monoisotopic (exact) mass is 267 g/mol. The van der Waals surface area contributed by atoms with Gasteiger partial charge in [-0.15, -0.1) is 11.3 Å². The molecule has 1 fully saturated rings. The van der Waals surface area contributed by atoms with Crippen molar-refractivity contribution in [1.82, 2.24) is 5.32 Å². The van der Waals surface area contributed by atoms with Crippen LogP contribution in [0.25, 0.3) is 0 Å². The number of nitrogens with one attached hydrogen (secondary N) is 1. The molecule has 1 atom stereocenters. The molecule has 100 valence electrons. The number of hydrogen-bond donors (Lipinski definition) is 1. The average Bonchev–Trinajstić information content (AvgIpc) is 2.97. The zero-order valence-corrected chi connectivity index (χ0v) is 11.8. The summed E-state index contributed by atoms with van der Waals surface area (Å²) in [5.41, 5.74) is 0. The number of thiophene rings is 1. The van der Waals surface area contributed by atoms with E-state index in [0.29, 0.717) is 5.92 Å². The summed E-state index contributed by atoms with van der Waals surface area (Å²) in [5, 5.41) is 5.03. The van der Waals surface area contributed by atoms with E-state index in [9.17, 15) is 4.79 Å². The molecule has 1 heterocycles. The molecule has 1 aliphatic rings. The minimum atomic E-state index is -0.269. The van der Waals surface area contributed by atoms with Gasteiger partial charge in [-0.25, -0.2) is 4.79 Å². The molecule has 0 saturated heterocycles. The molecule has 1 N–H and O–H groups in total. The van der Waals surface area contributed by atoms with Crippen LogP contribution in [-0.4, -0.2) is 12.2 Å². The van der Waals surface area contributed by atoms with Crippen LogP contribution in [0.4, 0.5) is 4.79 Å². The van der Waals surface area contributed by atoms with E-state index < -0.39 is 0 Å². The third-order valence-corrected chi connectivity index (χ3v) is 4.32. The van der Waals surface area contributed by atoms with Gasteiger partial charge < -0.3 is 10.1 Å². The van der Waals surface area contributed by atoms with Crippen molar-refractivity contribution >= 4 is 17.4 Å². The van der Waals surface area contributed by atoms with Gasteiger partial charge in [0.2, 0.25) is 0 Å². The van der Waals surface area contributed by atoms with Gasteiger partial charge in [-0.3, -0.25) is 0 Å². The molecule has 1 amide bonds. The Bertz CT molecular complexity index is 369. The molecule has 0 spiro atoms. The third-order valence-electron chi connectivity index (χ3n) is 3.37.